The van der Waals surface area contributed by atoms with E-state index < -0.39 is 18.8 Å². The van der Waals surface area contributed by atoms with Gasteiger partial charge in [-0.25, -0.2) is 0 Å². The Morgan fingerprint density at radius 2 is 1.09 bits per heavy atom. The lowest BCUT2D eigenvalue weighted by molar-refractivity contribution is -0.660. The molecular formula is C26H22BN4O2+. The van der Waals surface area contributed by atoms with E-state index in [1.54, 1.807) is 23.0 Å². The Morgan fingerprint density at radius 1 is 0.636 bits per heavy atom. The van der Waals surface area contributed by atoms with Crippen LogP contribution < -0.4 is 5.46 Å². The normalized spacial score (nSPS) is 15.3. The van der Waals surface area contributed by atoms with E-state index in [2.05, 4.69) is 46.7 Å². The second-order valence-electron chi connectivity index (χ2n) is 7.79. The van der Waals surface area contributed by atoms with Crippen LogP contribution in [0.2, 0.25) is 0 Å². The van der Waals surface area contributed by atoms with Crippen molar-refractivity contribution in [2.24, 2.45) is 15.5 Å². The zero-order chi connectivity index (χ0) is 22.7. The Morgan fingerprint density at radius 3 is 1.58 bits per heavy atom. The highest BCUT2D eigenvalue weighted by molar-refractivity contribution is 6.59. The van der Waals surface area contributed by atoms with E-state index in [1.165, 1.54) is 0 Å². The fourth-order valence-electron chi connectivity index (χ4n) is 4.39. The minimum absolute atomic E-state index is 0.358. The number of nitrogens with zero attached hydrogens (tertiary/aromatic N) is 4. The van der Waals surface area contributed by atoms with Gasteiger partial charge in [-0.3, -0.25) is 0 Å². The summed E-state index contributed by atoms with van der Waals surface area (Å²) < 4.78 is 0. The highest BCUT2D eigenvalue weighted by Gasteiger charge is 2.49. The highest BCUT2D eigenvalue weighted by Crippen LogP contribution is 2.43. The molecule has 0 aliphatic carbocycles. The first-order chi connectivity index (χ1) is 16.2. The van der Waals surface area contributed by atoms with Crippen molar-refractivity contribution in [3.63, 3.8) is 0 Å². The van der Waals surface area contributed by atoms with Crippen LogP contribution in [0, 0.1) is 0 Å². The summed E-state index contributed by atoms with van der Waals surface area (Å²) in [6.45, 7) is 0. The molecule has 0 spiro atoms. The molecule has 33 heavy (non-hydrogen) atoms. The average molecular weight is 433 g/mol. The van der Waals surface area contributed by atoms with Crippen LogP contribution >= 0.6 is 0 Å². The first kappa shape index (κ1) is 20.9. The largest absolute Gasteiger partial charge is 0.488 e. The summed E-state index contributed by atoms with van der Waals surface area (Å²) in [5, 5.41) is 33.5. The predicted molar refractivity (Wildman–Crippen MR) is 126 cm³/mol. The number of azo groups is 1. The number of hydrogen-bond acceptors (Lipinski definition) is 5. The molecule has 4 aromatic carbocycles. The first-order valence-electron chi connectivity index (χ1n) is 10.7. The molecule has 0 amide bonds. The zero-order valence-corrected chi connectivity index (χ0v) is 17.8. The van der Waals surface area contributed by atoms with E-state index in [9.17, 15) is 10.0 Å². The first-order valence-corrected chi connectivity index (χ1v) is 10.7. The van der Waals surface area contributed by atoms with Crippen LogP contribution in [0.4, 0.5) is 0 Å². The van der Waals surface area contributed by atoms with E-state index >= 15 is 0 Å². The minimum Gasteiger partial charge on any atom is -0.423 e. The van der Waals surface area contributed by atoms with E-state index in [0.29, 0.717) is 11.0 Å². The molecule has 0 fully saturated rings. The maximum Gasteiger partial charge on any atom is 0.488 e. The van der Waals surface area contributed by atoms with E-state index in [0.717, 1.165) is 16.7 Å². The van der Waals surface area contributed by atoms with Gasteiger partial charge >= 0.3 is 13.3 Å². The van der Waals surface area contributed by atoms with Crippen molar-refractivity contribution >= 4 is 12.6 Å². The molecule has 0 radical (unpaired) electrons. The molecule has 5 rings (SSSR count). The Bertz CT molecular complexity index is 1200. The Balaban J connectivity index is 1.76. The smallest absolute Gasteiger partial charge is 0.423 e. The SMILES string of the molecule is OB(O)c1ccccc1C1N=N[N+](C(c2ccccc2)(c2ccccc2)c2ccccc2)=N1. The second kappa shape index (κ2) is 8.90. The molecule has 1 heterocycles. The van der Waals surface area contributed by atoms with Crippen LogP contribution in [0.15, 0.2) is 131 Å². The van der Waals surface area contributed by atoms with Gasteiger partial charge in [-0.2, -0.15) is 0 Å². The van der Waals surface area contributed by atoms with Crippen LogP contribution in [-0.4, -0.2) is 22.0 Å². The van der Waals surface area contributed by atoms with Crippen molar-refractivity contribution in [2.45, 2.75) is 11.7 Å². The summed E-state index contributed by atoms with van der Waals surface area (Å²) in [5.41, 5.74) is 3.05. The molecule has 4 aromatic rings. The second-order valence-corrected chi connectivity index (χ2v) is 7.79. The summed E-state index contributed by atoms with van der Waals surface area (Å²) in [5.74, 6) is 0. The number of benzene rings is 4. The van der Waals surface area contributed by atoms with Crippen molar-refractivity contribution in [1.82, 2.24) is 0 Å². The highest BCUT2D eigenvalue weighted by atomic mass is 16.4. The maximum absolute atomic E-state index is 9.85. The van der Waals surface area contributed by atoms with Crippen LogP contribution in [0.25, 0.3) is 0 Å². The summed E-state index contributed by atoms with van der Waals surface area (Å²) in [6.07, 6.45) is -0.696. The van der Waals surface area contributed by atoms with Gasteiger partial charge in [0.05, 0.1) is 5.11 Å². The molecule has 0 saturated heterocycles. The van der Waals surface area contributed by atoms with Gasteiger partial charge in [0, 0.05) is 22.3 Å². The van der Waals surface area contributed by atoms with Crippen molar-refractivity contribution in [3.05, 3.63) is 138 Å². The van der Waals surface area contributed by atoms with Crippen molar-refractivity contribution in [3.8, 4) is 0 Å². The van der Waals surface area contributed by atoms with Crippen LogP contribution in [0.3, 0.4) is 0 Å². The quantitative estimate of drug-likeness (QED) is 0.272. The van der Waals surface area contributed by atoms with Crippen LogP contribution in [0.1, 0.15) is 28.4 Å². The molecule has 6 nitrogen and oxygen atoms in total. The van der Waals surface area contributed by atoms with Crippen molar-refractivity contribution in [2.75, 3.05) is 0 Å². The third kappa shape index (κ3) is 3.67. The van der Waals surface area contributed by atoms with E-state index in [-0.39, 0.29) is 0 Å². The Kier molecular flexibility index (Phi) is 5.65. The molecule has 160 valence electrons. The standard InChI is InChI=1S/C26H22BN4O2/c32-27(33)24-19-11-10-18-23(24)25-28-30-31(29-25)26(20-12-4-1-5-13-20,21-14-6-2-7-15-21)22-16-8-3-9-17-22/h1-19,25,32-33H/q+1. The Labute approximate surface area is 192 Å². The molecule has 1 atom stereocenters. The molecule has 7 heteroatoms. The summed E-state index contributed by atoms with van der Waals surface area (Å²) in [7, 11) is -1.62. The fourth-order valence-corrected chi connectivity index (χ4v) is 4.39. The molecule has 0 aromatic heterocycles. The van der Waals surface area contributed by atoms with E-state index in [1.807, 2.05) is 60.7 Å². The van der Waals surface area contributed by atoms with Gasteiger partial charge in [-0.15, -0.1) is 0 Å². The van der Waals surface area contributed by atoms with Crippen LogP contribution in [-0.2, 0) is 5.54 Å². The van der Waals surface area contributed by atoms with Gasteiger partial charge in [0.1, 0.15) is 0 Å². The summed E-state index contributed by atoms with van der Waals surface area (Å²) >= 11 is 0. The van der Waals surface area contributed by atoms with Crippen molar-refractivity contribution < 1.29 is 14.9 Å². The molecule has 1 aliphatic heterocycles. The fraction of sp³-hybridized carbons (Fsp3) is 0.0769. The summed E-state index contributed by atoms with van der Waals surface area (Å²) in [4.78, 5) is 1.65. The number of hydrogen-bond donors (Lipinski definition) is 2. The topological polar surface area (TPSA) is 80.6 Å². The molecule has 0 saturated carbocycles. The van der Waals surface area contributed by atoms with Gasteiger partial charge in [0.2, 0.25) is 5.54 Å². The van der Waals surface area contributed by atoms with E-state index in [4.69, 9.17) is 5.11 Å². The average Bonchev–Trinajstić information content (AvgIpc) is 3.37. The molecule has 0 bridgehead atoms. The lowest BCUT2D eigenvalue weighted by Gasteiger charge is -2.29. The minimum atomic E-state index is -1.62. The van der Waals surface area contributed by atoms with Gasteiger partial charge in [0.15, 0.2) is 5.22 Å². The monoisotopic (exact) mass is 433 g/mol. The molecule has 2 N–H and O–H groups in total. The summed E-state index contributed by atoms with van der Waals surface area (Å²) in [6, 6.07) is 37.3. The lowest BCUT2D eigenvalue weighted by atomic mass is 9.76. The third-order valence-electron chi connectivity index (χ3n) is 5.89. The van der Waals surface area contributed by atoms with Gasteiger partial charge in [0.25, 0.3) is 0 Å². The van der Waals surface area contributed by atoms with Crippen molar-refractivity contribution in [1.29, 1.82) is 0 Å². The predicted octanol–water partition coefficient (Wildman–Crippen LogP) is 4.20. The zero-order valence-electron chi connectivity index (χ0n) is 17.8. The van der Waals surface area contributed by atoms with Gasteiger partial charge in [-0.1, -0.05) is 115 Å². The molecule has 1 unspecified atom stereocenters. The number of rotatable bonds is 6. The van der Waals surface area contributed by atoms with Gasteiger partial charge in [-0.05, 0) is 15.4 Å². The van der Waals surface area contributed by atoms with Crippen LogP contribution in [0.5, 0.6) is 0 Å². The molecule has 1 aliphatic rings. The molecular weight excluding hydrogens is 411 g/mol. The maximum atomic E-state index is 9.85. The lowest BCUT2D eigenvalue weighted by Crippen LogP contribution is -2.38. The Hall–Kier alpha value is -3.94. The third-order valence-corrected chi connectivity index (χ3v) is 5.89. The van der Waals surface area contributed by atoms with Gasteiger partial charge < -0.3 is 10.0 Å².